The Morgan fingerprint density at radius 2 is 2.00 bits per heavy atom. The van der Waals surface area contributed by atoms with Crippen LogP contribution in [-0.4, -0.2) is 24.9 Å². The van der Waals surface area contributed by atoms with Crippen molar-refractivity contribution in [2.24, 2.45) is 0 Å². The number of aromatic nitrogens is 5. The summed E-state index contributed by atoms with van der Waals surface area (Å²) in [6.07, 6.45) is 1.87. The second-order valence-electron chi connectivity index (χ2n) is 7.74. The third-order valence-corrected chi connectivity index (χ3v) is 6.39. The van der Waals surface area contributed by atoms with Crippen LogP contribution in [0.4, 0.5) is 18.9 Å². The van der Waals surface area contributed by atoms with Crippen LogP contribution in [0.1, 0.15) is 68.2 Å². The molecule has 0 aliphatic heterocycles. The summed E-state index contributed by atoms with van der Waals surface area (Å²) in [5.41, 5.74) is -0.288. The van der Waals surface area contributed by atoms with Crippen molar-refractivity contribution >= 4 is 17.4 Å². The van der Waals surface area contributed by atoms with Crippen molar-refractivity contribution in [2.75, 3.05) is 5.32 Å². The number of aryl methyl sites for hydroxylation is 1. The molecule has 3 aromatic rings. The van der Waals surface area contributed by atoms with Gasteiger partial charge in [-0.05, 0) is 31.0 Å². The van der Waals surface area contributed by atoms with Gasteiger partial charge in [0.25, 0.3) is 0 Å². The lowest BCUT2D eigenvalue weighted by Crippen LogP contribution is -2.18. The molecule has 7 nitrogen and oxygen atoms in total. The smallest absolute Gasteiger partial charge is 0.378 e. The summed E-state index contributed by atoms with van der Waals surface area (Å²) in [7, 11) is 0. The summed E-state index contributed by atoms with van der Waals surface area (Å²) in [5.74, 6) is 2.39. The van der Waals surface area contributed by atoms with Gasteiger partial charge in [0.2, 0.25) is 5.89 Å². The Morgan fingerprint density at radius 3 is 2.72 bits per heavy atom. The van der Waals surface area contributed by atoms with E-state index < -0.39 is 11.7 Å². The van der Waals surface area contributed by atoms with E-state index in [0.29, 0.717) is 35.4 Å². The fourth-order valence-corrected chi connectivity index (χ4v) is 4.70. The fraction of sp³-hybridized carbons (Fsp3) is 0.524. The zero-order valence-electron chi connectivity index (χ0n) is 17.7. The quantitative estimate of drug-likeness (QED) is 0.430. The Bertz CT molecular complexity index is 1030. The van der Waals surface area contributed by atoms with Crippen LogP contribution < -0.4 is 5.32 Å². The second kappa shape index (κ2) is 9.93. The Labute approximate surface area is 188 Å². The molecule has 2 aromatic heterocycles. The number of benzene rings is 1. The van der Waals surface area contributed by atoms with Crippen molar-refractivity contribution in [1.29, 1.82) is 0 Å². The number of alkyl halides is 3. The number of nitrogens with zero attached hydrogens (tertiary/aromatic N) is 5. The maximum atomic E-state index is 13.0. The van der Waals surface area contributed by atoms with Gasteiger partial charge >= 0.3 is 6.18 Å². The van der Waals surface area contributed by atoms with Crippen molar-refractivity contribution < 1.29 is 17.7 Å². The van der Waals surface area contributed by atoms with Crippen molar-refractivity contribution in [1.82, 2.24) is 24.9 Å². The van der Waals surface area contributed by atoms with Gasteiger partial charge in [0, 0.05) is 18.2 Å². The molecule has 0 spiro atoms. The van der Waals surface area contributed by atoms with E-state index in [1.54, 1.807) is 6.07 Å². The first-order valence-electron chi connectivity index (χ1n) is 10.7. The molecular weight excluding hydrogens is 441 g/mol. The van der Waals surface area contributed by atoms with Gasteiger partial charge in [-0.15, -0.1) is 10.2 Å². The second-order valence-corrected chi connectivity index (χ2v) is 8.68. The highest BCUT2D eigenvalue weighted by Crippen LogP contribution is 2.34. The Kier molecular flexibility index (Phi) is 7.02. The standard InChI is InChI=1S/C21H25F3N6OS/c1-2-17-26-19(31-29-17)13-32-20-28-27-18(30(20)16-9-4-3-5-10-16)12-25-15-8-6-7-14(11-15)21(22,23)24/h6-8,11,16,25H,2-5,9-10,12-13H2,1H3. The number of anilines is 1. The van der Waals surface area contributed by atoms with Gasteiger partial charge in [0.05, 0.1) is 17.9 Å². The zero-order valence-corrected chi connectivity index (χ0v) is 18.5. The Morgan fingerprint density at radius 1 is 1.19 bits per heavy atom. The van der Waals surface area contributed by atoms with Gasteiger partial charge in [-0.3, -0.25) is 0 Å². The third kappa shape index (κ3) is 5.43. The van der Waals surface area contributed by atoms with Crippen LogP contribution in [0, 0.1) is 0 Å². The minimum atomic E-state index is -4.38. The predicted molar refractivity (Wildman–Crippen MR) is 114 cm³/mol. The predicted octanol–water partition coefficient (Wildman–Crippen LogP) is 5.65. The maximum Gasteiger partial charge on any atom is 0.416 e. The average molecular weight is 467 g/mol. The van der Waals surface area contributed by atoms with Crippen LogP contribution >= 0.6 is 11.8 Å². The molecule has 0 bridgehead atoms. The summed E-state index contributed by atoms with van der Waals surface area (Å²) in [5, 5.41) is 16.5. The molecule has 1 aliphatic rings. The van der Waals surface area contributed by atoms with Gasteiger partial charge in [0.1, 0.15) is 0 Å². The van der Waals surface area contributed by atoms with E-state index in [0.717, 1.165) is 43.0 Å². The van der Waals surface area contributed by atoms with Gasteiger partial charge in [-0.1, -0.05) is 49.2 Å². The number of nitrogens with one attached hydrogen (secondary N) is 1. The molecule has 0 saturated heterocycles. The zero-order chi connectivity index (χ0) is 22.6. The molecule has 1 fully saturated rings. The Hall–Kier alpha value is -2.56. The highest BCUT2D eigenvalue weighted by atomic mass is 32.2. The molecule has 0 atom stereocenters. The van der Waals surface area contributed by atoms with E-state index in [2.05, 4.69) is 30.2 Å². The number of rotatable bonds is 8. The van der Waals surface area contributed by atoms with Crippen LogP contribution in [0.5, 0.6) is 0 Å². The normalized spacial score (nSPS) is 15.2. The van der Waals surface area contributed by atoms with Crippen molar-refractivity contribution in [3.05, 3.63) is 47.4 Å². The van der Waals surface area contributed by atoms with E-state index in [-0.39, 0.29) is 12.6 Å². The molecule has 1 saturated carbocycles. The van der Waals surface area contributed by atoms with E-state index in [9.17, 15) is 13.2 Å². The minimum absolute atomic E-state index is 0.272. The lowest BCUT2D eigenvalue weighted by atomic mass is 9.95. The molecule has 32 heavy (non-hydrogen) atoms. The molecule has 1 aliphatic carbocycles. The van der Waals surface area contributed by atoms with Crippen LogP contribution in [0.25, 0.3) is 0 Å². The molecular formula is C21H25F3N6OS. The van der Waals surface area contributed by atoms with Crippen molar-refractivity contribution in [3.8, 4) is 0 Å². The number of halogens is 3. The van der Waals surface area contributed by atoms with Crippen LogP contribution in [-0.2, 0) is 24.9 Å². The number of thioether (sulfide) groups is 1. The lowest BCUT2D eigenvalue weighted by Gasteiger charge is -2.25. The van der Waals surface area contributed by atoms with Crippen LogP contribution in [0.3, 0.4) is 0 Å². The summed E-state index contributed by atoms with van der Waals surface area (Å²) in [6.45, 7) is 2.25. The highest BCUT2D eigenvalue weighted by molar-refractivity contribution is 7.98. The topological polar surface area (TPSA) is 81.7 Å². The molecule has 0 amide bonds. The van der Waals surface area contributed by atoms with Crippen LogP contribution in [0.15, 0.2) is 33.9 Å². The average Bonchev–Trinajstić information content (AvgIpc) is 3.43. The molecule has 172 valence electrons. The molecule has 4 rings (SSSR count). The van der Waals surface area contributed by atoms with Crippen molar-refractivity contribution in [3.63, 3.8) is 0 Å². The molecule has 11 heteroatoms. The fourth-order valence-electron chi connectivity index (χ4n) is 3.84. The lowest BCUT2D eigenvalue weighted by molar-refractivity contribution is -0.137. The molecule has 0 unspecified atom stereocenters. The molecule has 1 N–H and O–H groups in total. The monoisotopic (exact) mass is 466 g/mol. The number of hydrogen-bond acceptors (Lipinski definition) is 7. The largest absolute Gasteiger partial charge is 0.416 e. The SMILES string of the molecule is CCc1noc(CSc2nnc(CNc3cccc(C(F)(F)F)c3)n2C2CCCCC2)n1. The minimum Gasteiger partial charge on any atom is -0.378 e. The number of hydrogen-bond donors (Lipinski definition) is 1. The summed E-state index contributed by atoms with van der Waals surface area (Å²) in [4.78, 5) is 4.34. The molecule has 0 radical (unpaired) electrons. The first-order valence-corrected chi connectivity index (χ1v) is 11.7. The molecule has 2 heterocycles. The van der Waals surface area contributed by atoms with Gasteiger partial charge < -0.3 is 14.4 Å². The summed E-state index contributed by atoms with van der Waals surface area (Å²) >= 11 is 1.48. The first-order chi connectivity index (χ1) is 15.4. The highest BCUT2D eigenvalue weighted by Gasteiger charge is 2.30. The van der Waals surface area contributed by atoms with E-state index in [1.165, 1.54) is 24.2 Å². The third-order valence-electron chi connectivity index (χ3n) is 5.47. The first kappa shape index (κ1) is 22.6. The van der Waals surface area contributed by atoms with E-state index in [4.69, 9.17) is 4.52 Å². The maximum absolute atomic E-state index is 13.0. The summed E-state index contributed by atoms with van der Waals surface area (Å²) < 4.78 is 46.4. The summed E-state index contributed by atoms with van der Waals surface area (Å²) in [6, 6.07) is 5.46. The van der Waals surface area contributed by atoms with Crippen LogP contribution in [0.2, 0.25) is 0 Å². The van der Waals surface area contributed by atoms with E-state index >= 15 is 0 Å². The van der Waals surface area contributed by atoms with Gasteiger partial charge in [0.15, 0.2) is 16.8 Å². The Balaban J connectivity index is 1.51. The van der Waals surface area contributed by atoms with Crippen molar-refractivity contribution in [2.45, 2.75) is 75.1 Å². The van der Waals surface area contributed by atoms with Gasteiger partial charge in [-0.2, -0.15) is 18.2 Å². The molecule has 1 aromatic carbocycles. The van der Waals surface area contributed by atoms with E-state index in [1.807, 2.05) is 6.92 Å². The van der Waals surface area contributed by atoms with Gasteiger partial charge in [-0.25, -0.2) is 0 Å².